The summed E-state index contributed by atoms with van der Waals surface area (Å²) in [5.41, 5.74) is -0.555. The molecule has 1 heterocycles. The molecule has 6 nitrogen and oxygen atoms in total. The van der Waals surface area contributed by atoms with Crippen molar-refractivity contribution in [3.8, 4) is 0 Å². The molecule has 0 saturated carbocycles. The summed E-state index contributed by atoms with van der Waals surface area (Å²) in [6.07, 6.45) is -0.435. The van der Waals surface area contributed by atoms with E-state index in [1.165, 1.54) is 16.7 Å². The van der Waals surface area contributed by atoms with Crippen molar-refractivity contribution >= 4 is 23.8 Å². The molecule has 0 atom stereocenters. The molecule has 2 N–H and O–H groups in total. The Morgan fingerprint density at radius 1 is 1.37 bits per heavy atom. The van der Waals surface area contributed by atoms with Crippen LogP contribution in [0.5, 0.6) is 0 Å². The maximum absolute atomic E-state index is 11.8. The number of amides is 1. The van der Waals surface area contributed by atoms with E-state index < -0.39 is 22.4 Å². The van der Waals surface area contributed by atoms with Gasteiger partial charge in [-0.1, -0.05) is 0 Å². The lowest BCUT2D eigenvalue weighted by molar-refractivity contribution is -0.138. The lowest BCUT2D eigenvalue weighted by Crippen LogP contribution is -2.63. The molecule has 0 radical (unpaired) electrons. The van der Waals surface area contributed by atoms with Gasteiger partial charge in [0.25, 0.3) is 0 Å². The Bertz CT molecular complexity index is 347. The van der Waals surface area contributed by atoms with Crippen LogP contribution < -0.4 is 0 Å². The van der Waals surface area contributed by atoms with Crippen molar-refractivity contribution in [3.05, 3.63) is 0 Å². The van der Waals surface area contributed by atoms with Gasteiger partial charge in [-0.15, -0.1) is 11.8 Å². The minimum Gasteiger partial charge on any atom is -0.481 e. The van der Waals surface area contributed by atoms with E-state index in [-0.39, 0.29) is 13.0 Å². The van der Waals surface area contributed by atoms with Crippen LogP contribution in [-0.4, -0.2) is 63.0 Å². The molecule has 1 amide bonds. The largest absolute Gasteiger partial charge is 0.481 e. The molecule has 110 valence electrons. The van der Waals surface area contributed by atoms with Crippen molar-refractivity contribution in [1.29, 1.82) is 0 Å². The SMILES string of the molecule is CC(C)(C)OC(=O)N1CC(CC(=O)O)(SCCO)C1. The highest BCUT2D eigenvalue weighted by atomic mass is 32.2. The van der Waals surface area contributed by atoms with Crippen molar-refractivity contribution in [2.24, 2.45) is 0 Å². The molecule has 0 unspecified atom stereocenters. The molecule has 0 bridgehead atoms. The smallest absolute Gasteiger partial charge is 0.410 e. The second-order valence-corrected chi connectivity index (χ2v) is 7.22. The molecule has 1 saturated heterocycles. The summed E-state index contributed by atoms with van der Waals surface area (Å²) < 4.78 is 4.73. The molecule has 1 rings (SSSR count). The number of thioether (sulfide) groups is 1. The van der Waals surface area contributed by atoms with Gasteiger partial charge in [0.1, 0.15) is 5.60 Å². The van der Waals surface area contributed by atoms with E-state index in [1.807, 2.05) is 0 Å². The van der Waals surface area contributed by atoms with Crippen LogP contribution >= 0.6 is 11.8 Å². The van der Waals surface area contributed by atoms with E-state index in [2.05, 4.69) is 0 Å². The first-order valence-electron chi connectivity index (χ1n) is 6.12. The summed E-state index contributed by atoms with van der Waals surface area (Å²) in [4.78, 5) is 24.2. The van der Waals surface area contributed by atoms with Crippen LogP contribution in [0.3, 0.4) is 0 Å². The minimum atomic E-state index is -0.894. The summed E-state index contributed by atoms with van der Waals surface area (Å²) in [7, 11) is 0. The molecule has 1 fully saturated rings. The normalized spacial score (nSPS) is 17.8. The summed E-state index contributed by atoms with van der Waals surface area (Å²) in [6, 6.07) is 0. The van der Waals surface area contributed by atoms with Crippen molar-refractivity contribution in [1.82, 2.24) is 4.90 Å². The van der Waals surface area contributed by atoms with Gasteiger partial charge < -0.3 is 19.8 Å². The third-order valence-electron chi connectivity index (χ3n) is 2.58. The molecule has 1 aliphatic rings. The van der Waals surface area contributed by atoms with Crippen LogP contribution in [0.2, 0.25) is 0 Å². The summed E-state index contributed by atoms with van der Waals surface area (Å²) >= 11 is 1.40. The Morgan fingerprint density at radius 3 is 2.37 bits per heavy atom. The Kier molecular flexibility index (Phi) is 5.09. The van der Waals surface area contributed by atoms with Gasteiger partial charge in [-0.3, -0.25) is 4.79 Å². The standard InChI is InChI=1S/C12H21NO5S/c1-11(2,3)18-10(17)13-7-12(8-13,6-9(15)16)19-5-4-14/h14H,4-8H2,1-3H3,(H,15,16). The van der Waals surface area contributed by atoms with E-state index in [1.54, 1.807) is 20.8 Å². The molecular formula is C12H21NO5S. The predicted octanol–water partition coefficient (Wildman–Crippen LogP) is 1.18. The number of carboxylic acid groups (broad SMARTS) is 1. The molecule has 0 aromatic rings. The van der Waals surface area contributed by atoms with Crippen LogP contribution in [0.15, 0.2) is 0 Å². The quantitative estimate of drug-likeness (QED) is 0.791. The highest BCUT2D eigenvalue weighted by molar-refractivity contribution is 8.00. The van der Waals surface area contributed by atoms with Gasteiger partial charge in [-0.05, 0) is 20.8 Å². The lowest BCUT2D eigenvalue weighted by atomic mass is 9.95. The highest BCUT2D eigenvalue weighted by Gasteiger charge is 2.48. The van der Waals surface area contributed by atoms with Crippen molar-refractivity contribution in [2.75, 3.05) is 25.4 Å². The number of likely N-dealkylation sites (tertiary alicyclic amines) is 1. The van der Waals surface area contributed by atoms with Crippen molar-refractivity contribution in [2.45, 2.75) is 37.5 Å². The van der Waals surface area contributed by atoms with Crippen molar-refractivity contribution < 1.29 is 24.5 Å². The fourth-order valence-corrected chi connectivity index (χ4v) is 3.14. The number of nitrogens with zero attached hydrogens (tertiary/aromatic N) is 1. The number of aliphatic hydroxyl groups is 1. The third kappa shape index (κ3) is 4.91. The average molecular weight is 291 g/mol. The second-order valence-electron chi connectivity index (χ2n) is 5.66. The van der Waals surface area contributed by atoms with E-state index >= 15 is 0 Å². The van der Waals surface area contributed by atoms with E-state index in [0.29, 0.717) is 18.8 Å². The highest BCUT2D eigenvalue weighted by Crippen LogP contribution is 2.38. The summed E-state index contributed by atoms with van der Waals surface area (Å²) in [6.45, 7) is 6.05. The number of aliphatic hydroxyl groups excluding tert-OH is 1. The monoisotopic (exact) mass is 291 g/mol. The number of carbonyl (C=O) groups is 2. The van der Waals surface area contributed by atoms with Crippen LogP contribution in [0.4, 0.5) is 4.79 Å². The topological polar surface area (TPSA) is 87.1 Å². The van der Waals surface area contributed by atoms with E-state index in [0.717, 1.165) is 0 Å². The maximum atomic E-state index is 11.8. The maximum Gasteiger partial charge on any atom is 0.410 e. The zero-order chi connectivity index (χ0) is 14.7. The molecule has 0 spiro atoms. The summed E-state index contributed by atoms with van der Waals surface area (Å²) in [5.74, 6) is -0.426. The van der Waals surface area contributed by atoms with Crippen LogP contribution in [0.1, 0.15) is 27.2 Å². The Morgan fingerprint density at radius 2 is 1.95 bits per heavy atom. The first kappa shape index (κ1) is 16.1. The first-order chi connectivity index (χ1) is 8.67. The van der Waals surface area contributed by atoms with Crippen LogP contribution in [0, 0.1) is 0 Å². The van der Waals surface area contributed by atoms with Crippen molar-refractivity contribution in [3.63, 3.8) is 0 Å². The number of ether oxygens (including phenoxy) is 1. The molecule has 1 aliphatic heterocycles. The number of rotatable bonds is 5. The lowest BCUT2D eigenvalue weighted by Gasteiger charge is -2.48. The van der Waals surface area contributed by atoms with Gasteiger partial charge >= 0.3 is 12.1 Å². The molecule has 0 aromatic heterocycles. The van der Waals surface area contributed by atoms with Gasteiger partial charge in [0.05, 0.1) is 17.8 Å². The van der Waals surface area contributed by atoms with E-state index in [4.69, 9.17) is 14.9 Å². The number of carboxylic acids is 1. The third-order valence-corrected chi connectivity index (χ3v) is 3.98. The van der Waals surface area contributed by atoms with Gasteiger partial charge in [0.15, 0.2) is 0 Å². The molecule has 7 heteroatoms. The van der Waals surface area contributed by atoms with Gasteiger partial charge in [-0.2, -0.15) is 0 Å². The van der Waals surface area contributed by atoms with E-state index in [9.17, 15) is 9.59 Å². The van der Waals surface area contributed by atoms with Gasteiger partial charge in [0.2, 0.25) is 0 Å². The van der Waals surface area contributed by atoms with Gasteiger partial charge in [0, 0.05) is 18.8 Å². The zero-order valence-corrected chi connectivity index (χ0v) is 12.3. The fourth-order valence-electron chi connectivity index (χ4n) is 1.90. The summed E-state index contributed by atoms with van der Waals surface area (Å²) in [5, 5.41) is 17.8. The number of carbonyl (C=O) groups excluding carboxylic acids is 1. The second kappa shape index (κ2) is 6.00. The van der Waals surface area contributed by atoms with Gasteiger partial charge in [-0.25, -0.2) is 4.79 Å². The molecule has 0 aliphatic carbocycles. The zero-order valence-electron chi connectivity index (χ0n) is 11.5. The fraction of sp³-hybridized carbons (Fsp3) is 0.833. The molecule has 0 aromatic carbocycles. The van der Waals surface area contributed by atoms with Crippen LogP contribution in [-0.2, 0) is 9.53 Å². The average Bonchev–Trinajstić information content (AvgIpc) is 2.17. The molecule has 19 heavy (non-hydrogen) atoms. The number of aliphatic carboxylic acids is 1. The number of hydrogen-bond donors (Lipinski definition) is 2. The predicted molar refractivity (Wildman–Crippen MR) is 72.3 cm³/mol. The van der Waals surface area contributed by atoms with Crippen LogP contribution in [0.25, 0.3) is 0 Å². The Hall–Kier alpha value is -0.950. The Labute approximate surface area is 117 Å². The molecular weight excluding hydrogens is 270 g/mol. The first-order valence-corrected chi connectivity index (χ1v) is 7.11. The Balaban J connectivity index is 2.53. The minimum absolute atomic E-state index is 0.00151. The number of hydrogen-bond acceptors (Lipinski definition) is 5.